The smallest absolute Gasteiger partial charge is 0.227 e. The molecule has 0 atom stereocenters. The van der Waals surface area contributed by atoms with Gasteiger partial charge in [0.25, 0.3) is 0 Å². The van der Waals surface area contributed by atoms with Crippen molar-refractivity contribution in [2.75, 3.05) is 0 Å². The summed E-state index contributed by atoms with van der Waals surface area (Å²) in [6.07, 6.45) is 0.803. The van der Waals surface area contributed by atoms with Gasteiger partial charge in [-0.3, -0.25) is 0 Å². The molecule has 0 unspecified atom stereocenters. The minimum atomic E-state index is -9.03. The Labute approximate surface area is 111 Å². The molecule has 7 heteroatoms. The Morgan fingerprint density at radius 1 is 0.900 bits per heavy atom. The SMILES string of the molecule is Fc1ncccc1S(F)(F)(F)(F)C#Cc1ccccc1. The van der Waals surface area contributed by atoms with Gasteiger partial charge in [0.2, 0.25) is 15.8 Å². The first-order valence-electron chi connectivity index (χ1n) is 5.31. The van der Waals surface area contributed by atoms with Crippen molar-refractivity contribution < 1.29 is 19.9 Å². The number of nitrogens with zero attached hydrogens (tertiary/aromatic N) is 1. The molecule has 1 aromatic carbocycles. The molecule has 1 heterocycles. The maximum atomic E-state index is 13.8. The van der Waals surface area contributed by atoms with Crippen LogP contribution in [0.3, 0.4) is 0 Å². The van der Waals surface area contributed by atoms with E-state index in [9.17, 15) is 19.9 Å². The van der Waals surface area contributed by atoms with E-state index in [0.29, 0.717) is 11.3 Å². The van der Waals surface area contributed by atoms with Crippen molar-refractivity contribution in [2.45, 2.75) is 4.90 Å². The maximum absolute atomic E-state index is 13.8. The molecular formula is C13H8F5NS. The summed E-state index contributed by atoms with van der Waals surface area (Å²) in [5.74, 6) is -0.225. The highest BCUT2D eigenvalue weighted by Crippen LogP contribution is 3.00. The first kappa shape index (κ1) is 14.3. The molecule has 0 bridgehead atoms. The highest BCUT2D eigenvalue weighted by atomic mass is 32.5. The molecule has 0 saturated heterocycles. The molecule has 0 fully saturated rings. The average Bonchev–Trinajstić information content (AvgIpc) is 2.37. The number of halogens is 5. The molecular weight excluding hydrogens is 297 g/mol. The van der Waals surface area contributed by atoms with Crippen molar-refractivity contribution in [1.29, 1.82) is 0 Å². The van der Waals surface area contributed by atoms with Gasteiger partial charge in [-0.15, -0.1) is 15.5 Å². The molecule has 0 saturated carbocycles. The second-order valence-electron chi connectivity index (χ2n) is 3.95. The lowest BCUT2D eigenvalue weighted by Crippen LogP contribution is -2.13. The number of rotatable bonds is 1. The molecule has 0 radical (unpaired) electrons. The van der Waals surface area contributed by atoms with Crippen LogP contribution in [-0.4, -0.2) is 4.98 Å². The van der Waals surface area contributed by atoms with E-state index >= 15 is 0 Å². The van der Waals surface area contributed by atoms with Crippen molar-refractivity contribution >= 4 is 9.84 Å². The normalized spacial score (nSPS) is 14.7. The molecule has 106 valence electrons. The molecule has 0 amide bonds. The summed E-state index contributed by atoms with van der Waals surface area (Å²) < 4.78 is 68.4. The molecule has 0 aliphatic carbocycles. The summed E-state index contributed by atoms with van der Waals surface area (Å²) in [6.45, 7) is 0. The topological polar surface area (TPSA) is 12.9 Å². The second-order valence-corrected chi connectivity index (χ2v) is 6.74. The predicted octanol–water partition coefficient (Wildman–Crippen LogP) is 5.00. The van der Waals surface area contributed by atoms with Crippen LogP contribution in [0.1, 0.15) is 5.56 Å². The van der Waals surface area contributed by atoms with Gasteiger partial charge < -0.3 is 0 Å². The number of pyridine rings is 1. The summed E-state index contributed by atoms with van der Waals surface area (Å²) in [6, 6.07) is 8.19. The molecule has 0 spiro atoms. The highest BCUT2D eigenvalue weighted by Gasteiger charge is 2.65. The number of benzene rings is 1. The van der Waals surface area contributed by atoms with Gasteiger partial charge in [0.1, 0.15) is 4.90 Å². The second kappa shape index (κ2) is 3.96. The van der Waals surface area contributed by atoms with Crippen LogP contribution in [0.25, 0.3) is 0 Å². The van der Waals surface area contributed by atoms with Gasteiger partial charge in [0.05, 0.1) is 0 Å². The molecule has 1 aromatic heterocycles. The van der Waals surface area contributed by atoms with Gasteiger partial charge in [-0.2, -0.15) is 4.39 Å². The van der Waals surface area contributed by atoms with Crippen LogP contribution >= 0.6 is 9.84 Å². The Balaban J connectivity index is 2.62. The van der Waals surface area contributed by atoms with Crippen molar-refractivity contribution in [1.82, 2.24) is 4.98 Å². The lowest BCUT2D eigenvalue weighted by molar-refractivity contribution is 0.446. The lowest BCUT2D eigenvalue weighted by atomic mass is 10.2. The van der Waals surface area contributed by atoms with Crippen LogP contribution in [0.5, 0.6) is 0 Å². The van der Waals surface area contributed by atoms with Crippen LogP contribution in [-0.2, 0) is 0 Å². The third kappa shape index (κ3) is 2.91. The third-order valence-electron chi connectivity index (χ3n) is 2.34. The van der Waals surface area contributed by atoms with E-state index in [4.69, 9.17) is 0 Å². The van der Waals surface area contributed by atoms with Crippen LogP contribution in [0.2, 0.25) is 0 Å². The van der Waals surface area contributed by atoms with E-state index in [2.05, 4.69) is 4.98 Å². The molecule has 20 heavy (non-hydrogen) atoms. The number of aromatic nitrogens is 1. The van der Waals surface area contributed by atoms with Gasteiger partial charge in [0.15, 0.2) is 0 Å². The molecule has 0 aliphatic rings. The zero-order chi connectivity index (χ0) is 14.9. The van der Waals surface area contributed by atoms with Gasteiger partial charge in [0, 0.05) is 17.0 Å². The van der Waals surface area contributed by atoms with Gasteiger partial charge in [-0.25, -0.2) is 4.98 Å². The largest absolute Gasteiger partial charge is 0.245 e. The van der Waals surface area contributed by atoms with E-state index in [1.807, 2.05) is 0 Å². The van der Waals surface area contributed by atoms with Crippen LogP contribution in [0, 0.1) is 17.1 Å². The Bertz CT molecular complexity index is 712. The minimum Gasteiger partial charge on any atom is -0.227 e. The summed E-state index contributed by atoms with van der Waals surface area (Å²) in [5, 5.41) is 0.707. The molecule has 1 nitrogen and oxygen atoms in total. The molecule has 2 aromatic rings. The van der Waals surface area contributed by atoms with Crippen molar-refractivity contribution in [2.24, 2.45) is 0 Å². The molecule has 2 rings (SSSR count). The number of hydrogen-bond acceptors (Lipinski definition) is 1. The minimum absolute atomic E-state index is 0.0209. The van der Waals surface area contributed by atoms with E-state index in [-0.39, 0.29) is 5.56 Å². The third-order valence-corrected chi connectivity index (χ3v) is 4.04. The van der Waals surface area contributed by atoms with Gasteiger partial charge in [-0.05, 0) is 30.2 Å². The quantitative estimate of drug-likeness (QED) is 0.410. The van der Waals surface area contributed by atoms with Crippen molar-refractivity contribution in [3.63, 3.8) is 0 Å². The van der Waals surface area contributed by atoms with E-state index in [1.165, 1.54) is 24.3 Å². The fourth-order valence-electron chi connectivity index (χ4n) is 1.42. The summed E-state index contributed by atoms with van der Waals surface area (Å²) in [5.41, 5.74) is -0.0209. The van der Waals surface area contributed by atoms with Gasteiger partial charge in [-0.1, -0.05) is 18.2 Å². The molecule has 0 aliphatic heterocycles. The molecule has 0 N–H and O–H groups in total. The van der Waals surface area contributed by atoms with E-state index in [1.54, 1.807) is 12.0 Å². The first-order chi connectivity index (χ1) is 9.11. The monoisotopic (exact) mass is 305 g/mol. The maximum Gasteiger partial charge on any atom is 0.245 e. The zero-order valence-electron chi connectivity index (χ0n) is 9.86. The van der Waals surface area contributed by atoms with Crippen molar-refractivity contribution in [3.05, 3.63) is 60.2 Å². The van der Waals surface area contributed by atoms with E-state index in [0.717, 1.165) is 12.3 Å². The Morgan fingerprint density at radius 2 is 1.55 bits per heavy atom. The van der Waals surface area contributed by atoms with Crippen LogP contribution < -0.4 is 0 Å². The van der Waals surface area contributed by atoms with Crippen molar-refractivity contribution in [3.8, 4) is 11.2 Å². The zero-order valence-corrected chi connectivity index (χ0v) is 10.7. The Morgan fingerprint density at radius 3 is 2.15 bits per heavy atom. The standard InChI is InChI=1S/C13H8F5NS/c14-13-12(7-4-9-19-13)20(15,16,17,18)10-8-11-5-2-1-3-6-11/h1-7,9H. The Kier molecular flexibility index (Phi) is 2.84. The Hall–Kier alpha value is -2.07. The van der Waals surface area contributed by atoms with Crippen LogP contribution in [0.4, 0.5) is 19.9 Å². The summed E-state index contributed by atoms with van der Waals surface area (Å²) in [4.78, 5) is 0.767. The fourth-order valence-corrected chi connectivity index (χ4v) is 2.59. The fraction of sp³-hybridized carbons (Fsp3) is 0. The predicted molar refractivity (Wildman–Crippen MR) is 67.8 cm³/mol. The van der Waals surface area contributed by atoms with Gasteiger partial charge >= 0.3 is 0 Å². The highest BCUT2D eigenvalue weighted by molar-refractivity contribution is 8.53. The average molecular weight is 305 g/mol. The van der Waals surface area contributed by atoms with E-state index < -0.39 is 20.7 Å². The first-order valence-corrected chi connectivity index (χ1v) is 7.36. The lowest BCUT2D eigenvalue weighted by Gasteiger charge is -2.43. The summed E-state index contributed by atoms with van der Waals surface area (Å²) >= 11 is 0. The van der Waals surface area contributed by atoms with Crippen LogP contribution in [0.15, 0.2) is 53.6 Å². The number of hydrogen-bond donors (Lipinski definition) is 0. The summed E-state index contributed by atoms with van der Waals surface area (Å²) in [7, 11) is -9.03.